The summed E-state index contributed by atoms with van der Waals surface area (Å²) in [6, 6.07) is 59.5. The number of nitrogens with zero attached hydrogens (tertiary/aromatic N) is 8. The van der Waals surface area contributed by atoms with E-state index in [2.05, 4.69) is 210 Å². The van der Waals surface area contributed by atoms with Crippen LogP contribution in [0.25, 0.3) is 10.8 Å². The Balaban J connectivity index is 0.000000152. The normalized spacial score (nSPS) is 24.2. The molecule has 11 fully saturated rings. The summed E-state index contributed by atoms with van der Waals surface area (Å²) in [5.41, 5.74) is 12.5. The van der Waals surface area contributed by atoms with Gasteiger partial charge in [0, 0.05) is 109 Å². The van der Waals surface area contributed by atoms with Crippen LogP contribution in [-0.2, 0) is 63.9 Å². The lowest BCUT2D eigenvalue weighted by Crippen LogP contribution is -2.55. The number of aliphatic carboxylic acids is 2. The summed E-state index contributed by atoms with van der Waals surface area (Å²) in [5.74, 6) is 2.84. The molecule has 7 saturated heterocycles. The van der Waals surface area contributed by atoms with Crippen molar-refractivity contribution < 1.29 is 53.2 Å². The molecule has 138 heavy (non-hydrogen) atoms. The molecule has 758 valence electrons. The monoisotopic (exact) mass is 1900 g/mol. The van der Waals surface area contributed by atoms with Crippen LogP contribution in [0.1, 0.15) is 270 Å². The number of carboxylic acids is 2. The first-order valence-corrected chi connectivity index (χ1v) is 53.9. The smallest absolute Gasteiger partial charge is 0.410 e. The molecule has 0 bridgehead atoms. The van der Waals surface area contributed by atoms with E-state index in [1.807, 2.05) is 14.0 Å². The molecule has 4 saturated carbocycles. The number of nitrogens with one attached hydrogen (secondary N) is 1. The second kappa shape index (κ2) is 54.2. The van der Waals surface area contributed by atoms with Crippen molar-refractivity contribution in [3.63, 3.8) is 0 Å². The highest BCUT2D eigenvalue weighted by molar-refractivity contribution is 5.90. The van der Waals surface area contributed by atoms with Crippen LogP contribution in [0, 0.1) is 59.2 Å². The lowest BCUT2D eigenvalue weighted by molar-refractivity contribution is -0.161. The van der Waals surface area contributed by atoms with Crippen LogP contribution in [0.5, 0.6) is 0 Å². The number of likely N-dealkylation sites (N-methyl/N-ethyl adjacent to an activating group) is 2. The van der Waals surface area contributed by atoms with E-state index in [0.29, 0.717) is 54.3 Å². The highest BCUT2D eigenvalue weighted by atomic mass is 16.6. The zero-order valence-electron chi connectivity index (χ0n) is 86.2. The van der Waals surface area contributed by atoms with Gasteiger partial charge in [0.2, 0.25) is 11.8 Å². The fourth-order valence-corrected chi connectivity index (χ4v) is 24.4. The van der Waals surface area contributed by atoms with Crippen LogP contribution < -0.4 is 11.1 Å². The van der Waals surface area contributed by atoms with E-state index >= 15 is 0 Å². The molecule has 7 aliphatic heterocycles. The summed E-state index contributed by atoms with van der Waals surface area (Å²) >= 11 is 0. The Labute approximate surface area is 829 Å². The van der Waals surface area contributed by atoms with Gasteiger partial charge in [-0.3, -0.25) is 33.8 Å². The van der Waals surface area contributed by atoms with E-state index in [1.54, 1.807) is 41.5 Å². The number of amides is 3. The molecule has 0 radical (unpaired) electrons. The summed E-state index contributed by atoms with van der Waals surface area (Å²) < 4.78 is 10.2. The highest BCUT2D eigenvalue weighted by Gasteiger charge is 2.47. The van der Waals surface area contributed by atoms with Crippen LogP contribution >= 0.6 is 0 Å². The van der Waals surface area contributed by atoms with Crippen LogP contribution in [0.3, 0.4) is 0 Å². The Morgan fingerprint density at radius 2 is 0.797 bits per heavy atom. The number of ketones is 1. The molecule has 7 heterocycles. The van der Waals surface area contributed by atoms with Gasteiger partial charge in [-0.25, -0.2) is 9.59 Å². The third kappa shape index (κ3) is 32.8. The Kier molecular flexibility index (Phi) is 42.6. The van der Waals surface area contributed by atoms with Crippen molar-refractivity contribution in [2.75, 3.05) is 112 Å². The lowest BCUT2D eigenvalue weighted by atomic mass is 9.76. The zero-order valence-corrected chi connectivity index (χ0v) is 86.2. The van der Waals surface area contributed by atoms with Gasteiger partial charge >= 0.3 is 24.0 Å². The van der Waals surface area contributed by atoms with E-state index in [1.165, 1.54) is 214 Å². The Morgan fingerprint density at radius 1 is 0.406 bits per heavy atom. The first-order valence-electron chi connectivity index (χ1n) is 53.9. The minimum Gasteiger partial charge on any atom is -0.481 e. The highest BCUT2D eigenvalue weighted by Crippen LogP contribution is 2.44. The average molecular weight is 1900 g/mol. The largest absolute Gasteiger partial charge is 0.481 e. The van der Waals surface area contributed by atoms with Crippen molar-refractivity contribution in [3.05, 3.63) is 192 Å². The molecular weight excluding hydrogens is 1720 g/mol. The standard InChI is InChI=1S/C28H43N3O2.C27H32N2.C23H35N3O.C16H23N.C14H24O4.C9H17NO4/c1-21(29-2)27(32)19-25(23-11-7-4-8-12-23)28(33)31-18-15-24-14-17-30(20-26(24)31)16-13-22-9-5-3-6-10-22;1-21(25-13-7-11-23-10-5-6-12-26(23)25)29-19-16-24-15-18-28(20-27(24)29)17-14-22-8-3-2-4-9-22;24-22(20-9-5-2-6-10-20)23(27)26-16-13-19-12-15-25(17-21(19)26)14-11-18-7-3-1-4-8-18;1-2-5-14(6-3-1)9-11-17-12-10-15-7-4-8-16(15)13-17;1-14(2,3)18-12(15)9-11(13(16)17)10-7-5-4-6-8-10;1-6(7(11)12)10(5)8(13)14-9(2,3)4/h3,5-6,9-10,21,23-26,29H,4,7-8,11-20H2,1-2H3;2-13,21,24,27H,14-20H2,1H3;1,3-4,7-8,19-22H,2,5-6,9-17,24H2;1-3,5-6,15-16H,4,7-13H2;10-11H,4-9H2,1-3H3,(H,16,17);6H,1-5H3,(H,11,12)/t21-,24+,25-,26+;21-,24+,27+;19-,21-,22+;15-,16+;;6-/m0010.0/s1. The Bertz CT molecular complexity index is 4660. The Morgan fingerprint density at radius 3 is 1.25 bits per heavy atom. The van der Waals surface area contributed by atoms with Crippen LogP contribution in [0.2, 0.25) is 0 Å². The molecule has 1 unspecified atom stereocenters. The number of Topliss-reactive ketones (excluding diaryl/α,β-unsaturated/α-hetero) is 1. The number of piperidine rings is 4. The first-order chi connectivity index (χ1) is 66.4. The minimum absolute atomic E-state index is 0.00271. The van der Waals surface area contributed by atoms with Crippen molar-refractivity contribution in [3.8, 4) is 0 Å². The molecular formula is C117H174N10O11. The van der Waals surface area contributed by atoms with Crippen molar-refractivity contribution in [1.82, 2.24) is 44.5 Å². The van der Waals surface area contributed by atoms with Gasteiger partial charge in [-0.2, -0.15) is 0 Å². The number of carbonyl (C=O) groups excluding carboxylic acids is 5. The van der Waals surface area contributed by atoms with E-state index < -0.39 is 47.2 Å². The van der Waals surface area contributed by atoms with Gasteiger partial charge in [-0.05, 0) is 304 Å². The quantitative estimate of drug-likeness (QED) is 0.0334. The van der Waals surface area contributed by atoms with Crippen molar-refractivity contribution >= 4 is 52.4 Å². The number of carbonyl (C=O) groups is 7. The van der Waals surface area contributed by atoms with E-state index in [4.69, 9.17) is 20.3 Å². The maximum absolute atomic E-state index is 14.0. The van der Waals surface area contributed by atoms with Gasteiger partial charge in [0.05, 0.1) is 24.4 Å². The minimum atomic E-state index is -1.06. The molecule has 4 aliphatic carbocycles. The topological polar surface area (TPSA) is 242 Å². The molecule has 6 aromatic rings. The van der Waals surface area contributed by atoms with Crippen LogP contribution in [0.4, 0.5) is 4.79 Å². The predicted octanol–water partition coefficient (Wildman–Crippen LogP) is 20.2. The number of hydrogen-bond acceptors (Lipinski definition) is 16. The first kappa shape index (κ1) is 108. The van der Waals surface area contributed by atoms with Gasteiger partial charge < -0.3 is 60.1 Å². The maximum Gasteiger partial charge on any atom is 0.410 e. The molecule has 0 spiro atoms. The number of rotatable bonds is 28. The number of esters is 1. The predicted molar refractivity (Wildman–Crippen MR) is 556 cm³/mol. The summed E-state index contributed by atoms with van der Waals surface area (Å²) in [7, 11) is 3.23. The summed E-state index contributed by atoms with van der Waals surface area (Å²) in [4.78, 5) is 104. The molecule has 17 rings (SSSR count). The molecule has 3 amide bonds. The molecule has 14 atom stereocenters. The number of likely N-dealkylation sites (tertiary alicyclic amines) is 7. The van der Waals surface area contributed by atoms with Crippen molar-refractivity contribution in [1.29, 1.82) is 0 Å². The third-order valence-corrected chi connectivity index (χ3v) is 32.9. The van der Waals surface area contributed by atoms with E-state index in [0.717, 1.165) is 146 Å². The van der Waals surface area contributed by atoms with Gasteiger partial charge in [-0.15, -0.1) is 0 Å². The van der Waals surface area contributed by atoms with Gasteiger partial charge in [0.15, 0.2) is 0 Å². The molecule has 11 aliphatic rings. The van der Waals surface area contributed by atoms with E-state index in [9.17, 15) is 38.7 Å². The number of ether oxygens (including phenoxy) is 2. The van der Waals surface area contributed by atoms with Crippen molar-refractivity contribution in [2.24, 2.45) is 64.9 Å². The number of nitrogens with two attached hydrogens (primary N) is 1. The van der Waals surface area contributed by atoms with Gasteiger partial charge in [0.1, 0.15) is 23.0 Å². The summed E-state index contributed by atoms with van der Waals surface area (Å²) in [5, 5.41) is 23.8. The number of hydrogen-bond donors (Lipinski definition) is 4. The third-order valence-electron chi connectivity index (χ3n) is 32.9. The molecule has 5 N–H and O–H groups in total. The Hall–Kier alpha value is -8.41. The average Bonchev–Trinajstić information content (AvgIpc) is 1.63. The fourth-order valence-electron chi connectivity index (χ4n) is 24.4. The molecule has 21 heteroatoms. The fraction of sp³-hybridized carbons (Fsp3) is 0.650. The summed E-state index contributed by atoms with van der Waals surface area (Å²) in [6.07, 6.45) is 34.8. The second-order valence-corrected chi connectivity index (χ2v) is 44.5. The SMILES string of the molecule is CC(C)(C)OC(=O)CC(C(=O)O)C1CCCCC1.CN[C@@H](C)C(=O)C[C@H](C(=O)N1CC[C@H]2CCN(CCc3ccccc3)C[C@H]21)C1CCCCC1.C[C@@H](C(=O)O)N(C)C(=O)OC(C)(C)C.C[C@@H](c1cccc2ccccc12)N1CC[C@H]2CCN(CCc3ccccc3)C[C@H]21.N[C@H](C(=O)N1CC[C@H]2CCN(CCc3ccccc3)C[C@H]21)C1CCCCC1.c1ccc(CCN2CC[C@@H]3CCC[C@@H]3C2)cc1. The van der Waals surface area contributed by atoms with Crippen molar-refractivity contribution in [2.45, 2.75) is 315 Å². The molecule has 21 nitrogen and oxygen atoms in total. The summed E-state index contributed by atoms with van der Waals surface area (Å²) in [6.45, 7) is 33.5. The molecule has 6 aromatic carbocycles. The number of benzene rings is 6. The van der Waals surface area contributed by atoms with Crippen LogP contribution in [-0.4, -0.2) is 251 Å². The molecule has 0 aromatic heterocycles. The number of fused-ring (bicyclic) bond motifs is 5. The zero-order chi connectivity index (χ0) is 98.3. The van der Waals surface area contributed by atoms with E-state index in [-0.39, 0.29) is 47.9 Å². The number of carboxylic acid groups (broad SMARTS) is 2. The van der Waals surface area contributed by atoms with Gasteiger partial charge in [-0.1, -0.05) is 234 Å². The van der Waals surface area contributed by atoms with Gasteiger partial charge in [0.25, 0.3) is 0 Å². The lowest BCUT2D eigenvalue weighted by Gasteiger charge is -2.41. The second-order valence-electron chi connectivity index (χ2n) is 44.5. The maximum atomic E-state index is 14.0. The van der Waals surface area contributed by atoms with Crippen LogP contribution in [0.15, 0.2) is 164 Å².